The molecule has 4 aliphatic rings. The molecule has 0 unspecified atom stereocenters. The van der Waals surface area contributed by atoms with Gasteiger partial charge in [0.05, 0.1) is 17.9 Å². The molecule has 0 radical (unpaired) electrons. The van der Waals surface area contributed by atoms with Gasteiger partial charge in [0.1, 0.15) is 5.82 Å². The van der Waals surface area contributed by atoms with Gasteiger partial charge in [-0.05, 0) is 56.3 Å². The second kappa shape index (κ2) is 3.98. The maximum atomic E-state index is 6.37. The molecule has 1 aromatic heterocycles. The van der Waals surface area contributed by atoms with Gasteiger partial charge < -0.3 is 10.5 Å². The summed E-state index contributed by atoms with van der Waals surface area (Å²) in [7, 11) is 1.88. The quantitative estimate of drug-likeness (QED) is 0.909. The summed E-state index contributed by atoms with van der Waals surface area (Å²) in [6.45, 7) is 0.622. The van der Waals surface area contributed by atoms with Crippen molar-refractivity contribution >= 4 is 5.82 Å². The topological polar surface area (TPSA) is 53.1 Å². The SMILES string of the molecule is Cn1nc(COC23CC4CC(CC(C4)C2)C3)cc1N. The highest BCUT2D eigenvalue weighted by Crippen LogP contribution is 2.57. The molecule has 4 nitrogen and oxygen atoms in total. The van der Waals surface area contributed by atoms with Crippen molar-refractivity contribution in [2.45, 2.75) is 50.7 Å². The van der Waals surface area contributed by atoms with Gasteiger partial charge in [0.15, 0.2) is 0 Å². The summed E-state index contributed by atoms with van der Waals surface area (Å²) in [5.41, 5.74) is 6.96. The molecule has 4 fully saturated rings. The number of nitrogen functional groups attached to an aromatic ring is 1. The molecule has 4 bridgehead atoms. The Morgan fingerprint density at radius 2 is 1.84 bits per heavy atom. The van der Waals surface area contributed by atoms with Crippen LogP contribution in [0.4, 0.5) is 5.82 Å². The predicted molar refractivity (Wildman–Crippen MR) is 73.3 cm³/mol. The third kappa shape index (κ3) is 1.97. The van der Waals surface area contributed by atoms with E-state index in [1.165, 1.54) is 38.5 Å². The minimum atomic E-state index is 0.168. The fourth-order valence-electron chi connectivity index (χ4n) is 5.05. The van der Waals surface area contributed by atoms with E-state index in [1.807, 2.05) is 13.1 Å². The lowest BCUT2D eigenvalue weighted by Gasteiger charge is -2.56. The van der Waals surface area contributed by atoms with Crippen LogP contribution < -0.4 is 5.73 Å². The molecular formula is C15H23N3O. The maximum Gasteiger partial charge on any atom is 0.121 e. The van der Waals surface area contributed by atoms with Crippen LogP contribution in [0.15, 0.2) is 6.07 Å². The van der Waals surface area contributed by atoms with Gasteiger partial charge >= 0.3 is 0 Å². The monoisotopic (exact) mass is 261 g/mol. The van der Waals surface area contributed by atoms with E-state index >= 15 is 0 Å². The first kappa shape index (κ1) is 11.8. The molecule has 0 aromatic carbocycles. The highest BCUT2D eigenvalue weighted by atomic mass is 16.5. The van der Waals surface area contributed by atoms with Crippen LogP contribution in [0.2, 0.25) is 0 Å². The van der Waals surface area contributed by atoms with Crippen molar-refractivity contribution in [2.75, 3.05) is 5.73 Å². The lowest BCUT2D eigenvalue weighted by molar-refractivity contribution is -0.169. The van der Waals surface area contributed by atoms with E-state index in [2.05, 4.69) is 5.10 Å². The summed E-state index contributed by atoms with van der Waals surface area (Å²) >= 11 is 0. The number of ether oxygens (including phenoxy) is 1. The molecule has 0 spiro atoms. The summed E-state index contributed by atoms with van der Waals surface area (Å²) in [6.07, 6.45) is 8.21. The third-order valence-corrected chi connectivity index (χ3v) is 5.47. The number of hydrogen-bond acceptors (Lipinski definition) is 3. The van der Waals surface area contributed by atoms with Gasteiger partial charge in [-0.15, -0.1) is 0 Å². The third-order valence-electron chi connectivity index (χ3n) is 5.47. The zero-order valence-corrected chi connectivity index (χ0v) is 11.6. The molecule has 5 rings (SSSR count). The van der Waals surface area contributed by atoms with Crippen LogP contribution in [0.5, 0.6) is 0 Å². The number of anilines is 1. The van der Waals surface area contributed by atoms with Crippen LogP contribution >= 0.6 is 0 Å². The Balaban J connectivity index is 1.47. The average molecular weight is 261 g/mol. The predicted octanol–water partition coefficient (Wildman–Crippen LogP) is 2.49. The van der Waals surface area contributed by atoms with Crippen LogP contribution in [0.1, 0.15) is 44.2 Å². The van der Waals surface area contributed by atoms with Gasteiger partial charge in [0.2, 0.25) is 0 Å². The van der Waals surface area contributed by atoms with Crippen LogP contribution in [-0.4, -0.2) is 15.4 Å². The number of nitrogens with zero attached hydrogens (tertiary/aromatic N) is 2. The Morgan fingerprint density at radius 3 is 2.32 bits per heavy atom. The minimum absolute atomic E-state index is 0.168. The van der Waals surface area contributed by atoms with E-state index in [9.17, 15) is 0 Å². The van der Waals surface area contributed by atoms with E-state index in [-0.39, 0.29) is 5.60 Å². The molecule has 0 aliphatic heterocycles. The van der Waals surface area contributed by atoms with E-state index in [1.54, 1.807) is 4.68 Å². The highest BCUT2D eigenvalue weighted by Gasteiger charge is 2.51. The van der Waals surface area contributed by atoms with Gasteiger partial charge in [-0.1, -0.05) is 0 Å². The normalized spacial score (nSPS) is 39.9. The van der Waals surface area contributed by atoms with Gasteiger partial charge in [0.25, 0.3) is 0 Å². The van der Waals surface area contributed by atoms with Gasteiger partial charge in [-0.2, -0.15) is 5.10 Å². The number of rotatable bonds is 3. The second-order valence-corrected chi connectivity index (χ2v) is 7.07. The van der Waals surface area contributed by atoms with Gasteiger partial charge in [-0.25, -0.2) is 0 Å². The largest absolute Gasteiger partial charge is 0.384 e. The summed E-state index contributed by atoms with van der Waals surface area (Å²) < 4.78 is 8.09. The van der Waals surface area contributed by atoms with E-state index in [4.69, 9.17) is 10.5 Å². The van der Waals surface area contributed by atoms with Crippen molar-refractivity contribution in [3.63, 3.8) is 0 Å². The number of hydrogen-bond donors (Lipinski definition) is 1. The molecular weight excluding hydrogens is 238 g/mol. The lowest BCUT2D eigenvalue weighted by Crippen LogP contribution is -2.51. The Labute approximate surface area is 114 Å². The molecule has 0 saturated heterocycles. The second-order valence-electron chi connectivity index (χ2n) is 7.07. The van der Waals surface area contributed by atoms with Crippen molar-refractivity contribution in [3.8, 4) is 0 Å². The first-order valence-electron chi connectivity index (χ1n) is 7.54. The molecule has 1 aromatic rings. The van der Waals surface area contributed by atoms with E-state index < -0.39 is 0 Å². The Hall–Kier alpha value is -1.03. The van der Waals surface area contributed by atoms with Crippen LogP contribution in [0.25, 0.3) is 0 Å². The number of aryl methyl sites for hydroxylation is 1. The summed E-state index contributed by atoms with van der Waals surface area (Å²) in [5.74, 6) is 3.50. The molecule has 4 saturated carbocycles. The highest BCUT2D eigenvalue weighted by molar-refractivity contribution is 5.30. The molecule has 104 valence electrons. The van der Waals surface area contributed by atoms with Crippen molar-refractivity contribution in [2.24, 2.45) is 24.8 Å². The van der Waals surface area contributed by atoms with Crippen molar-refractivity contribution < 1.29 is 4.74 Å². The average Bonchev–Trinajstić information content (AvgIpc) is 2.65. The summed E-state index contributed by atoms with van der Waals surface area (Å²) in [6, 6.07) is 1.93. The van der Waals surface area contributed by atoms with Crippen molar-refractivity contribution in [1.29, 1.82) is 0 Å². The molecule has 4 heteroatoms. The molecule has 0 atom stereocenters. The number of nitrogens with two attached hydrogens (primary N) is 1. The molecule has 0 amide bonds. The van der Waals surface area contributed by atoms with Crippen molar-refractivity contribution in [3.05, 3.63) is 11.8 Å². The Kier molecular flexibility index (Phi) is 2.47. The van der Waals surface area contributed by atoms with Crippen molar-refractivity contribution in [1.82, 2.24) is 9.78 Å². The minimum Gasteiger partial charge on any atom is -0.384 e. The first-order chi connectivity index (χ1) is 9.12. The molecule has 1 heterocycles. The summed E-state index contributed by atoms with van der Waals surface area (Å²) in [5, 5.41) is 4.39. The van der Waals surface area contributed by atoms with E-state index in [0.29, 0.717) is 12.4 Å². The zero-order valence-electron chi connectivity index (χ0n) is 11.6. The van der Waals surface area contributed by atoms with E-state index in [0.717, 1.165) is 23.4 Å². The molecule has 19 heavy (non-hydrogen) atoms. The maximum absolute atomic E-state index is 6.37. The molecule has 4 aliphatic carbocycles. The standard InChI is InChI=1S/C15H23N3O/c1-18-14(16)5-13(17-18)9-19-15-6-10-2-11(7-15)4-12(3-10)8-15/h5,10-12H,2-4,6-9,16H2,1H3. The smallest absolute Gasteiger partial charge is 0.121 e. The van der Waals surface area contributed by atoms with Gasteiger partial charge in [0, 0.05) is 13.1 Å². The lowest BCUT2D eigenvalue weighted by atomic mass is 9.54. The molecule has 2 N–H and O–H groups in total. The fraction of sp³-hybridized carbons (Fsp3) is 0.800. The Bertz CT molecular complexity index is 439. The number of aromatic nitrogens is 2. The van der Waals surface area contributed by atoms with Crippen LogP contribution in [0, 0.1) is 17.8 Å². The van der Waals surface area contributed by atoms with Crippen LogP contribution in [0.3, 0.4) is 0 Å². The zero-order chi connectivity index (χ0) is 13.0. The Morgan fingerprint density at radius 1 is 1.26 bits per heavy atom. The van der Waals surface area contributed by atoms with Crippen LogP contribution in [-0.2, 0) is 18.4 Å². The first-order valence-corrected chi connectivity index (χ1v) is 7.54. The fourth-order valence-corrected chi connectivity index (χ4v) is 5.05. The van der Waals surface area contributed by atoms with Gasteiger partial charge in [-0.3, -0.25) is 4.68 Å². The summed E-state index contributed by atoms with van der Waals surface area (Å²) in [4.78, 5) is 0.